The van der Waals surface area contributed by atoms with Crippen LogP contribution in [0, 0.1) is 11.8 Å². The minimum absolute atomic E-state index is 0.223. The normalized spacial score (nSPS) is 29.2. The number of anilines is 1. The molecule has 3 aliphatic rings. The van der Waals surface area contributed by atoms with E-state index in [1.165, 1.54) is 44.3 Å². The summed E-state index contributed by atoms with van der Waals surface area (Å²) in [5, 5.41) is 6.80. The lowest BCUT2D eigenvalue weighted by atomic mass is 9.80. The van der Waals surface area contributed by atoms with Crippen molar-refractivity contribution >= 4 is 23.1 Å². The van der Waals surface area contributed by atoms with E-state index < -0.39 is 0 Å². The van der Waals surface area contributed by atoms with E-state index in [0.717, 1.165) is 23.5 Å². The highest BCUT2D eigenvalue weighted by atomic mass is 16.5. The molecule has 32 heavy (non-hydrogen) atoms. The number of nitrogens with one attached hydrogen (secondary N) is 1. The van der Waals surface area contributed by atoms with Gasteiger partial charge >= 0.3 is 6.03 Å². The molecule has 3 amide bonds. The van der Waals surface area contributed by atoms with E-state index in [4.69, 9.17) is 4.74 Å². The molecule has 8 nitrogen and oxygen atoms in total. The van der Waals surface area contributed by atoms with E-state index in [2.05, 4.69) is 34.4 Å². The fourth-order valence-corrected chi connectivity index (χ4v) is 5.60. The van der Waals surface area contributed by atoms with E-state index in [0.29, 0.717) is 31.0 Å². The SMILES string of the molecule is CO[C@H]1C[C@H](CN2CC[C@@H](Cc3ccn4ncc(N5CCC(=O)NC5=O)c4c3)C[C@@H]2C)C1. The van der Waals surface area contributed by atoms with Crippen molar-refractivity contribution in [3.05, 3.63) is 30.1 Å². The zero-order valence-electron chi connectivity index (χ0n) is 19.0. The number of urea groups is 1. The van der Waals surface area contributed by atoms with Gasteiger partial charge in [-0.1, -0.05) is 0 Å². The van der Waals surface area contributed by atoms with Crippen molar-refractivity contribution in [2.75, 3.05) is 31.6 Å². The van der Waals surface area contributed by atoms with E-state index in [1.54, 1.807) is 15.6 Å². The van der Waals surface area contributed by atoms with Crippen LogP contribution in [0.3, 0.4) is 0 Å². The van der Waals surface area contributed by atoms with Crippen molar-refractivity contribution in [1.29, 1.82) is 0 Å². The summed E-state index contributed by atoms with van der Waals surface area (Å²) in [6.45, 7) is 5.13. The monoisotopic (exact) mass is 439 g/mol. The fourth-order valence-electron chi connectivity index (χ4n) is 5.60. The van der Waals surface area contributed by atoms with Gasteiger partial charge in [-0.3, -0.25) is 15.0 Å². The highest BCUT2D eigenvalue weighted by Crippen LogP contribution is 2.34. The number of hydrogen-bond donors (Lipinski definition) is 1. The first-order valence-electron chi connectivity index (χ1n) is 11.8. The predicted molar refractivity (Wildman–Crippen MR) is 122 cm³/mol. The molecular weight excluding hydrogens is 406 g/mol. The Morgan fingerprint density at radius 1 is 1.19 bits per heavy atom. The lowest BCUT2D eigenvalue weighted by Gasteiger charge is -2.43. The molecule has 2 aromatic rings. The smallest absolute Gasteiger partial charge is 0.328 e. The van der Waals surface area contributed by atoms with Gasteiger partial charge < -0.3 is 9.64 Å². The highest BCUT2D eigenvalue weighted by Gasteiger charge is 2.33. The third kappa shape index (κ3) is 4.26. The Morgan fingerprint density at radius 3 is 2.78 bits per heavy atom. The number of piperidine rings is 1. The van der Waals surface area contributed by atoms with Crippen molar-refractivity contribution in [2.45, 2.75) is 57.6 Å². The van der Waals surface area contributed by atoms with E-state index in [1.807, 2.05) is 13.3 Å². The van der Waals surface area contributed by atoms with Crippen LogP contribution in [-0.4, -0.2) is 65.3 Å². The Kier molecular flexibility index (Phi) is 5.90. The van der Waals surface area contributed by atoms with Gasteiger partial charge in [0.2, 0.25) is 5.91 Å². The first kappa shape index (κ1) is 21.4. The number of pyridine rings is 1. The molecule has 0 unspecified atom stereocenters. The molecule has 0 aromatic carbocycles. The number of fused-ring (bicyclic) bond motifs is 1. The molecule has 2 saturated heterocycles. The maximum atomic E-state index is 12.3. The Morgan fingerprint density at radius 2 is 2.03 bits per heavy atom. The third-order valence-corrected chi connectivity index (χ3v) is 7.58. The van der Waals surface area contributed by atoms with Crippen LogP contribution >= 0.6 is 0 Å². The van der Waals surface area contributed by atoms with Gasteiger partial charge in [0.05, 0.1) is 23.5 Å². The van der Waals surface area contributed by atoms with Crippen LogP contribution in [0.25, 0.3) is 5.52 Å². The summed E-state index contributed by atoms with van der Waals surface area (Å²) < 4.78 is 7.24. The minimum atomic E-state index is -0.369. The summed E-state index contributed by atoms with van der Waals surface area (Å²) in [7, 11) is 1.82. The lowest BCUT2D eigenvalue weighted by Crippen LogP contribution is -2.49. The molecule has 1 aliphatic carbocycles. The molecular formula is C24H33N5O3. The molecule has 5 rings (SSSR count). The second kappa shape index (κ2) is 8.83. The maximum absolute atomic E-state index is 12.3. The molecule has 1 saturated carbocycles. The zero-order chi connectivity index (χ0) is 22.2. The molecule has 3 fully saturated rings. The summed E-state index contributed by atoms with van der Waals surface area (Å²) in [6.07, 6.45) is 10.4. The van der Waals surface area contributed by atoms with Gasteiger partial charge in [0, 0.05) is 38.9 Å². The van der Waals surface area contributed by atoms with Crippen molar-refractivity contribution in [2.24, 2.45) is 11.8 Å². The number of carbonyl (C=O) groups excluding carboxylic acids is 2. The van der Waals surface area contributed by atoms with Crippen molar-refractivity contribution < 1.29 is 14.3 Å². The van der Waals surface area contributed by atoms with Crippen molar-refractivity contribution in [1.82, 2.24) is 19.8 Å². The summed E-state index contributed by atoms with van der Waals surface area (Å²) in [6, 6.07) is 4.53. The highest BCUT2D eigenvalue weighted by molar-refractivity contribution is 6.07. The second-order valence-electron chi connectivity index (χ2n) is 9.78. The molecule has 2 atom stereocenters. The van der Waals surface area contributed by atoms with E-state index in [-0.39, 0.29) is 11.9 Å². The number of aromatic nitrogens is 2. The zero-order valence-corrected chi connectivity index (χ0v) is 19.0. The Bertz CT molecular complexity index is 999. The number of amides is 3. The molecule has 8 heteroatoms. The van der Waals surface area contributed by atoms with Gasteiger partial charge in [-0.05, 0) is 75.1 Å². The van der Waals surface area contributed by atoms with Crippen LogP contribution in [0.2, 0.25) is 0 Å². The van der Waals surface area contributed by atoms with Gasteiger partial charge in [-0.25, -0.2) is 9.31 Å². The van der Waals surface area contributed by atoms with Crippen LogP contribution < -0.4 is 10.2 Å². The lowest BCUT2D eigenvalue weighted by molar-refractivity contribution is -0.120. The quantitative estimate of drug-likeness (QED) is 0.749. The van der Waals surface area contributed by atoms with Crippen LogP contribution in [0.4, 0.5) is 10.5 Å². The third-order valence-electron chi connectivity index (χ3n) is 7.58. The summed E-state index contributed by atoms with van der Waals surface area (Å²) in [4.78, 5) is 28.1. The van der Waals surface area contributed by atoms with Crippen LogP contribution in [-0.2, 0) is 16.0 Å². The van der Waals surface area contributed by atoms with E-state index in [9.17, 15) is 9.59 Å². The molecule has 2 aliphatic heterocycles. The molecule has 172 valence electrons. The van der Waals surface area contributed by atoms with Crippen LogP contribution in [0.5, 0.6) is 0 Å². The minimum Gasteiger partial charge on any atom is -0.381 e. The number of likely N-dealkylation sites (tertiary alicyclic amines) is 1. The van der Waals surface area contributed by atoms with Crippen molar-refractivity contribution in [3.8, 4) is 0 Å². The van der Waals surface area contributed by atoms with Crippen LogP contribution in [0.15, 0.2) is 24.5 Å². The molecule has 0 bridgehead atoms. The molecule has 0 radical (unpaired) electrons. The largest absolute Gasteiger partial charge is 0.381 e. The first-order valence-corrected chi connectivity index (χ1v) is 11.8. The number of hydrogen-bond acceptors (Lipinski definition) is 5. The van der Waals surface area contributed by atoms with Gasteiger partial charge in [0.15, 0.2) is 0 Å². The maximum Gasteiger partial charge on any atom is 0.328 e. The number of imide groups is 1. The predicted octanol–water partition coefficient (Wildman–Crippen LogP) is 2.85. The Balaban J connectivity index is 1.22. The number of rotatable bonds is 6. The Labute approximate surface area is 188 Å². The Hall–Kier alpha value is -2.45. The van der Waals surface area contributed by atoms with Gasteiger partial charge in [0.25, 0.3) is 0 Å². The standard InChI is InChI=1S/C24H33N5O3/c1-16-9-17(3-6-27(16)15-19-11-20(12-19)32-2)10-18-4-8-29-21(13-18)22(14-25-29)28-7-5-23(30)26-24(28)31/h4,8,13-14,16-17,19-20H,3,5-7,9-12,15H2,1-2H3,(H,26,30,31)/t16-,17+,19-,20-/m0/s1. The molecule has 0 spiro atoms. The number of methoxy groups -OCH3 is 1. The first-order chi connectivity index (χ1) is 15.5. The van der Waals surface area contributed by atoms with Gasteiger partial charge in [-0.15, -0.1) is 0 Å². The fraction of sp³-hybridized carbons (Fsp3) is 0.625. The number of nitrogens with zero attached hydrogens (tertiary/aromatic N) is 4. The topological polar surface area (TPSA) is 79.2 Å². The summed E-state index contributed by atoms with van der Waals surface area (Å²) in [5.41, 5.74) is 2.95. The number of carbonyl (C=O) groups is 2. The summed E-state index contributed by atoms with van der Waals surface area (Å²) >= 11 is 0. The van der Waals surface area contributed by atoms with E-state index >= 15 is 0 Å². The molecule has 4 heterocycles. The van der Waals surface area contributed by atoms with Gasteiger partial charge in [-0.2, -0.15) is 5.10 Å². The summed E-state index contributed by atoms with van der Waals surface area (Å²) in [5.74, 6) is 1.24. The van der Waals surface area contributed by atoms with Crippen molar-refractivity contribution in [3.63, 3.8) is 0 Å². The van der Waals surface area contributed by atoms with Crippen LogP contribution in [0.1, 0.15) is 44.6 Å². The average Bonchev–Trinajstić information content (AvgIpc) is 3.15. The second-order valence-corrected chi connectivity index (χ2v) is 9.78. The average molecular weight is 440 g/mol. The molecule has 1 N–H and O–H groups in total. The molecule has 2 aromatic heterocycles. The number of ether oxygens (including phenoxy) is 1. The van der Waals surface area contributed by atoms with Gasteiger partial charge in [0.1, 0.15) is 0 Å².